The molecular formula is C20H23N. The van der Waals surface area contributed by atoms with Crippen LogP contribution in [0.1, 0.15) is 39.5 Å². The molecule has 0 aliphatic heterocycles. The Morgan fingerprint density at radius 1 is 1.19 bits per heavy atom. The third kappa shape index (κ3) is 2.68. The molecule has 3 rings (SSSR count). The molecule has 3 aliphatic rings. The lowest BCUT2D eigenvalue weighted by atomic mass is 9.74. The van der Waals surface area contributed by atoms with Crippen LogP contribution in [0.15, 0.2) is 58.7 Å². The summed E-state index contributed by atoms with van der Waals surface area (Å²) >= 11 is 0. The van der Waals surface area contributed by atoms with Gasteiger partial charge in [-0.05, 0) is 54.2 Å². The quantitative estimate of drug-likeness (QED) is 0.675. The zero-order chi connectivity index (χ0) is 14.8. The summed E-state index contributed by atoms with van der Waals surface area (Å²) in [6.45, 7) is 4.59. The second-order valence-electron chi connectivity index (χ2n) is 6.60. The highest BCUT2D eigenvalue weighted by Gasteiger charge is 2.27. The summed E-state index contributed by atoms with van der Waals surface area (Å²) in [6.07, 6.45) is 18.0. The molecule has 0 saturated heterocycles. The predicted octanol–water partition coefficient (Wildman–Crippen LogP) is 5.26. The molecule has 1 heteroatoms. The Kier molecular flexibility index (Phi) is 3.97. The van der Waals surface area contributed by atoms with Crippen LogP contribution in [0, 0.1) is 29.1 Å². The fourth-order valence-corrected chi connectivity index (χ4v) is 3.62. The van der Waals surface area contributed by atoms with E-state index in [4.69, 9.17) is 0 Å². The summed E-state index contributed by atoms with van der Waals surface area (Å²) in [6, 6.07) is 2.38. The van der Waals surface area contributed by atoms with E-state index in [1.807, 2.05) is 0 Å². The highest BCUT2D eigenvalue weighted by Crippen LogP contribution is 2.41. The molecular weight excluding hydrogens is 254 g/mol. The first-order valence-corrected chi connectivity index (χ1v) is 8.09. The van der Waals surface area contributed by atoms with E-state index in [0.717, 1.165) is 31.3 Å². The van der Waals surface area contributed by atoms with Crippen LogP contribution in [0.4, 0.5) is 0 Å². The number of allylic oxidation sites excluding steroid dienone is 10. The molecule has 0 fully saturated rings. The molecule has 3 aliphatic carbocycles. The number of nitrogens with zero attached hydrogens (tertiary/aromatic N) is 1. The molecule has 0 heterocycles. The van der Waals surface area contributed by atoms with Crippen molar-refractivity contribution in [3.05, 3.63) is 58.7 Å². The van der Waals surface area contributed by atoms with Gasteiger partial charge in [-0.25, -0.2) is 0 Å². The van der Waals surface area contributed by atoms with Crippen LogP contribution in [0.2, 0.25) is 0 Å². The molecule has 0 spiro atoms. The van der Waals surface area contributed by atoms with E-state index >= 15 is 0 Å². The average molecular weight is 277 g/mol. The molecule has 0 aromatic rings. The molecule has 21 heavy (non-hydrogen) atoms. The van der Waals surface area contributed by atoms with Crippen LogP contribution in [0.5, 0.6) is 0 Å². The van der Waals surface area contributed by atoms with Gasteiger partial charge in [0, 0.05) is 5.92 Å². The summed E-state index contributed by atoms with van der Waals surface area (Å²) in [4.78, 5) is 0. The number of nitriles is 1. The van der Waals surface area contributed by atoms with Crippen LogP contribution in [-0.2, 0) is 0 Å². The zero-order valence-electron chi connectivity index (χ0n) is 13.0. The van der Waals surface area contributed by atoms with Crippen molar-refractivity contribution in [3.8, 4) is 6.07 Å². The number of hydrogen-bond donors (Lipinski definition) is 0. The van der Waals surface area contributed by atoms with E-state index in [0.29, 0.717) is 17.8 Å². The lowest BCUT2D eigenvalue weighted by molar-refractivity contribution is 0.463. The molecule has 0 amide bonds. The van der Waals surface area contributed by atoms with Gasteiger partial charge in [0.05, 0.1) is 11.6 Å². The van der Waals surface area contributed by atoms with Gasteiger partial charge in [0.25, 0.3) is 0 Å². The predicted molar refractivity (Wildman–Crippen MR) is 87.4 cm³/mol. The Hall–Kier alpha value is -1.81. The highest BCUT2D eigenvalue weighted by molar-refractivity contribution is 5.55. The van der Waals surface area contributed by atoms with Gasteiger partial charge in [0.2, 0.25) is 0 Å². The number of rotatable bonds is 2. The smallest absolute Gasteiger partial charge is 0.0991 e. The third-order valence-electron chi connectivity index (χ3n) is 5.01. The maximum Gasteiger partial charge on any atom is 0.0991 e. The first-order chi connectivity index (χ1) is 10.2. The van der Waals surface area contributed by atoms with Crippen molar-refractivity contribution in [1.29, 1.82) is 5.26 Å². The average Bonchev–Trinajstić information content (AvgIpc) is 2.54. The van der Waals surface area contributed by atoms with Crippen molar-refractivity contribution >= 4 is 0 Å². The van der Waals surface area contributed by atoms with Crippen LogP contribution < -0.4 is 0 Å². The summed E-state index contributed by atoms with van der Waals surface area (Å²) in [5.41, 5.74) is 5.03. The van der Waals surface area contributed by atoms with Crippen LogP contribution in [-0.4, -0.2) is 0 Å². The molecule has 0 N–H and O–H groups in total. The van der Waals surface area contributed by atoms with Crippen molar-refractivity contribution in [2.45, 2.75) is 39.5 Å². The summed E-state index contributed by atoms with van der Waals surface area (Å²) in [7, 11) is 0. The Labute approximate surface area is 128 Å². The van der Waals surface area contributed by atoms with Gasteiger partial charge in [0.1, 0.15) is 0 Å². The fraction of sp³-hybridized carbons (Fsp3) is 0.450. The molecule has 0 aromatic heterocycles. The van der Waals surface area contributed by atoms with Crippen molar-refractivity contribution < 1.29 is 0 Å². The van der Waals surface area contributed by atoms with Gasteiger partial charge in [-0.3, -0.25) is 0 Å². The van der Waals surface area contributed by atoms with E-state index < -0.39 is 0 Å². The minimum absolute atomic E-state index is 0.456. The topological polar surface area (TPSA) is 23.8 Å². The van der Waals surface area contributed by atoms with Gasteiger partial charge in [-0.15, -0.1) is 0 Å². The Morgan fingerprint density at radius 3 is 2.71 bits per heavy atom. The van der Waals surface area contributed by atoms with Crippen molar-refractivity contribution in [3.63, 3.8) is 0 Å². The van der Waals surface area contributed by atoms with E-state index in [1.165, 1.54) is 16.7 Å². The Bertz CT molecular complexity index is 617. The normalized spacial score (nSPS) is 28.1. The maximum atomic E-state index is 9.32. The SMILES string of the molecule is CC(C)C1C=CC(C2CC=C(C#N)C3=C2C=CCC3)=CC1. The Morgan fingerprint density at radius 2 is 2.05 bits per heavy atom. The van der Waals surface area contributed by atoms with E-state index in [1.54, 1.807) is 0 Å². The van der Waals surface area contributed by atoms with Gasteiger partial charge < -0.3 is 0 Å². The highest BCUT2D eigenvalue weighted by atomic mass is 14.3. The van der Waals surface area contributed by atoms with Gasteiger partial charge in [-0.1, -0.05) is 50.3 Å². The standard InChI is InChI=1S/C20H23N/c1-14(2)15-7-9-16(10-8-15)19-12-11-17(13-21)18-5-3-4-6-20(18)19/h4,6-7,9-11,14-15,19H,3,5,8,12H2,1-2H3. The second kappa shape index (κ2) is 5.90. The lowest BCUT2D eigenvalue weighted by Crippen LogP contribution is -2.17. The first kappa shape index (κ1) is 14.1. The first-order valence-electron chi connectivity index (χ1n) is 8.09. The van der Waals surface area contributed by atoms with E-state index in [9.17, 15) is 5.26 Å². The second-order valence-corrected chi connectivity index (χ2v) is 6.60. The molecule has 0 saturated carbocycles. The lowest BCUT2D eigenvalue weighted by Gasteiger charge is -2.30. The fourth-order valence-electron chi connectivity index (χ4n) is 3.62. The summed E-state index contributed by atoms with van der Waals surface area (Å²) in [5, 5.41) is 9.32. The molecule has 2 unspecified atom stereocenters. The molecule has 108 valence electrons. The van der Waals surface area contributed by atoms with Crippen LogP contribution >= 0.6 is 0 Å². The van der Waals surface area contributed by atoms with Crippen LogP contribution in [0.3, 0.4) is 0 Å². The van der Waals surface area contributed by atoms with Crippen molar-refractivity contribution in [2.24, 2.45) is 17.8 Å². The van der Waals surface area contributed by atoms with Gasteiger partial charge >= 0.3 is 0 Å². The minimum Gasteiger partial charge on any atom is -0.192 e. The zero-order valence-corrected chi connectivity index (χ0v) is 13.0. The van der Waals surface area contributed by atoms with E-state index in [-0.39, 0.29) is 0 Å². The largest absolute Gasteiger partial charge is 0.192 e. The minimum atomic E-state index is 0.456. The molecule has 0 radical (unpaired) electrons. The number of hydrogen-bond acceptors (Lipinski definition) is 1. The summed E-state index contributed by atoms with van der Waals surface area (Å²) in [5.74, 6) is 1.84. The third-order valence-corrected chi connectivity index (χ3v) is 5.01. The molecule has 2 atom stereocenters. The monoisotopic (exact) mass is 277 g/mol. The van der Waals surface area contributed by atoms with Crippen molar-refractivity contribution in [1.82, 2.24) is 0 Å². The van der Waals surface area contributed by atoms with Gasteiger partial charge in [-0.2, -0.15) is 5.26 Å². The molecule has 0 bridgehead atoms. The molecule has 0 aromatic carbocycles. The van der Waals surface area contributed by atoms with E-state index in [2.05, 4.69) is 56.4 Å². The molecule has 1 nitrogen and oxygen atoms in total. The van der Waals surface area contributed by atoms with Crippen molar-refractivity contribution in [2.75, 3.05) is 0 Å². The maximum absolute atomic E-state index is 9.32. The summed E-state index contributed by atoms with van der Waals surface area (Å²) < 4.78 is 0. The Balaban J connectivity index is 1.87. The van der Waals surface area contributed by atoms with Gasteiger partial charge in [0.15, 0.2) is 0 Å². The van der Waals surface area contributed by atoms with Crippen LogP contribution in [0.25, 0.3) is 0 Å².